The molecule has 0 N–H and O–H groups in total. The first kappa shape index (κ1) is 18.8. The highest BCUT2D eigenvalue weighted by Crippen LogP contribution is 2.32. The number of esters is 1. The first-order chi connectivity index (χ1) is 12.9. The molecule has 1 heterocycles. The van der Waals surface area contributed by atoms with E-state index < -0.39 is 5.97 Å². The highest BCUT2D eigenvalue weighted by Gasteiger charge is 2.17. The Morgan fingerprint density at radius 3 is 2.56 bits per heavy atom. The summed E-state index contributed by atoms with van der Waals surface area (Å²) in [6.45, 7) is 5.78. The number of ether oxygens (including phenoxy) is 4. The van der Waals surface area contributed by atoms with Gasteiger partial charge in [0, 0.05) is 5.56 Å². The van der Waals surface area contributed by atoms with Gasteiger partial charge in [0.25, 0.3) is 0 Å². The van der Waals surface area contributed by atoms with Crippen LogP contribution in [-0.4, -0.2) is 31.8 Å². The maximum absolute atomic E-state index is 12.2. The zero-order valence-electron chi connectivity index (χ0n) is 15.6. The second kappa shape index (κ2) is 8.12. The molecule has 1 aliphatic heterocycles. The molecule has 2 aromatic rings. The Balaban J connectivity index is 1.48. The van der Waals surface area contributed by atoms with Crippen LogP contribution in [0.1, 0.15) is 41.3 Å². The van der Waals surface area contributed by atoms with Crippen molar-refractivity contribution in [2.75, 3.05) is 20.0 Å². The van der Waals surface area contributed by atoms with Gasteiger partial charge in [0.1, 0.15) is 5.75 Å². The topological polar surface area (TPSA) is 71.1 Å². The monoisotopic (exact) mass is 370 g/mol. The third-order valence-electron chi connectivity index (χ3n) is 4.28. The Kier molecular flexibility index (Phi) is 5.64. The van der Waals surface area contributed by atoms with E-state index >= 15 is 0 Å². The smallest absolute Gasteiger partial charge is 0.344 e. The molecule has 2 aromatic carbocycles. The molecule has 142 valence electrons. The minimum atomic E-state index is -0.602. The molecule has 0 unspecified atom stereocenters. The third kappa shape index (κ3) is 4.58. The lowest BCUT2D eigenvalue weighted by molar-refractivity contribution is -0.144. The predicted octanol–water partition coefficient (Wildman–Crippen LogP) is 3.65. The summed E-state index contributed by atoms with van der Waals surface area (Å²) in [5.74, 6) is 1.20. The minimum Gasteiger partial charge on any atom is -0.482 e. The molecule has 0 fully saturated rings. The fourth-order valence-corrected chi connectivity index (χ4v) is 2.87. The molecule has 27 heavy (non-hydrogen) atoms. The zero-order valence-corrected chi connectivity index (χ0v) is 15.6. The van der Waals surface area contributed by atoms with Gasteiger partial charge in [0.05, 0.1) is 0 Å². The number of hydrogen-bond donors (Lipinski definition) is 0. The van der Waals surface area contributed by atoms with Gasteiger partial charge in [-0.1, -0.05) is 19.9 Å². The first-order valence-electron chi connectivity index (χ1n) is 8.76. The van der Waals surface area contributed by atoms with Gasteiger partial charge in [-0.05, 0) is 54.3 Å². The molecule has 0 aliphatic carbocycles. The van der Waals surface area contributed by atoms with Crippen molar-refractivity contribution in [3.63, 3.8) is 0 Å². The van der Waals surface area contributed by atoms with Gasteiger partial charge in [-0.25, -0.2) is 4.79 Å². The summed E-state index contributed by atoms with van der Waals surface area (Å²) in [7, 11) is 0. The highest BCUT2D eigenvalue weighted by molar-refractivity contribution is 5.98. The van der Waals surface area contributed by atoms with Crippen molar-refractivity contribution in [1.82, 2.24) is 0 Å². The molecular formula is C21H22O6. The Hall–Kier alpha value is -3.02. The number of carbonyl (C=O) groups excluding carboxylic acids is 2. The van der Waals surface area contributed by atoms with Gasteiger partial charge in [-0.2, -0.15) is 0 Å². The summed E-state index contributed by atoms with van der Waals surface area (Å²) >= 11 is 0. The largest absolute Gasteiger partial charge is 0.482 e. The molecule has 0 spiro atoms. The van der Waals surface area contributed by atoms with Gasteiger partial charge in [-0.3, -0.25) is 4.79 Å². The average molecular weight is 370 g/mol. The van der Waals surface area contributed by atoms with Crippen LogP contribution in [0.5, 0.6) is 17.2 Å². The van der Waals surface area contributed by atoms with Crippen LogP contribution in [0.4, 0.5) is 0 Å². The van der Waals surface area contributed by atoms with E-state index in [1.165, 1.54) is 5.56 Å². The summed E-state index contributed by atoms with van der Waals surface area (Å²) in [6.07, 6.45) is 0. The van der Waals surface area contributed by atoms with Gasteiger partial charge in [0.2, 0.25) is 6.79 Å². The Labute approximate surface area is 158 Å². The average Bonchev–Trinajstić information content (AvgIpc) is 3.11. The van der Waals surface area contributed by atoms with Crippen LogP contribution >= 0.6 is 0 Å². The summed E-state index contributed by atoms with van der Waals surface area (Å²) in [4.78, 5) is 24.0. The van der Waals surface area contributed by atoms with Crippen molar-refractivity contribution in [3.8, 4) is 17.2 Å². The molecule has 6 nitrogen and oxygen atoms in total. The fraction of sp³-hybridized carbons (Fsp3) is 0.333. The molecule has 0 bridgehead atoms. The first-order valence-corrected chi connectivity index (χ1v) is 8.76. The molecule has 3 rings (SSSR count). The molecule has 0 saturated heterocycles. The molecule has 0 saturated carbocycles. The summed E-state index contributed by atoms with van der Waals surface area (Å²) in [5, 5.41) is 0. The summed E-state index contributed by atoms with van der Waals surface area (Å²) in [5.41, 5.74) is 2.74. The Morgan fingerprint density at radius 2 is 1.81 bits per heavy atom. The molecule has 1 aliphatic rings. The highest BCUT2D eigenvalue weighted by atomic mass is 16.7. The van der Waals surface area contributed by atoms with Crippen LogP contribution in [-0.2, 0) is 9.53 Å². The van der Waals surface area contributed by atoms with E-state index in [1.807, 2.05) is 25.1 Å². The van der Waals surface area contributed by atoms with Gasteiger partial charge >= 0.3 is 5.97 Å². The number of carbonyl (C=O) groups is 2. The third-order valence-corrected chi connectivity index (χ3v) is 4.28. The number of aryl methyl sites for hydroxylation is 1. The van der Waals surface area contributed by atoms with E-state index in [2.05, 4.69) is 13.8 Å². The Morgan fingerprint density at radius 1 is 1.04 bits per heavy atom. The van der Waals surface area contributed by atoms with Gasteiger partial charge in [-0.15, -0.1) is 0 Å². The van der Waals surface area contributed by atoms with E-state index in [9.17, 15) is 9.59 Å². The summed E-state index contributed by atoms with van der Waals surface area (Å²) in [6, 6.07) is 10.6. The SMILES string of the molecule is Cc1cc(OCC(=O)OCC(=O)c2ccc3c(c2)OCO3)ccc1C(C)C. The van der Waals surface area contributed by atoms with Gasteiger partial charge < -0.3 is 18.9 Å². The molecule has 0 aromatic heterocycles. The van der Waals surface area contributed by atoms with Crippen molar-refractivity contribution >= 4 is 11.8 Å². The van der Waals surface area contributed by atoms with Gasteiger partial charge in [0.15, 0.2) is 30.5 Å². The minimum absolute atomic E-state index is 0.136. The number of rotatable bonds is 7. The number of hydrogen-bond acceptors (Lipinski definition) is 6. The quantitative estimate of drug-likeness (QED) is 0.547. The lowest BCUT2D eigenvalue weighted by atomic mass is 9.98. The normalized spacial score (nSPS) is 12.1. The van der Waals surface area contributed by atoms with Crippen molar-refractivity contribution in [1.29, 1.82) is 0 Å². The van der Waals surface area contributed by atoms with Crippen LogP contribution < -0.4 is 14.2 Å². The second-order valence-electron chi connectivity index (χ2n) is 6.61. The van der Waals surface area contributed by atoms with Crippen LogP contribution in [0.2, 0.25) is 0 Å². The molecule has 0 amide bonds. The number of ketones is 1. The molecule has 0 radical (unpaired) electrons. The summed E-state index contributed by atoms with van der Waals surface area (Å²) < 4.78 is 20.9. The lowest BCUT2D eigenvalue weighted by Gasteiger charge is -2.12. The van der Waals surface area contributed by atoms with Crippen LogP contribution in [0, 0.1) is 6.92 Å². The zero-order chi connectivity index (χ0) is 19.4. The van der Waals surface area contributed by atoms with E-state index in [-0.39, 0.29) is 25.8 Å². The fourth-order valence-electron chi connectivity index (χ4n) is 2.87. The Bertz CT molecular complexity index is 856. The van der Waals surface area contributed by atoms with Crippen LogP contribution in [0.15, 0.2) is 36.4 Å². The van der Waals surface area contributed by atoms with Crippen molar-refractivity contribution in [2.45, 2.75) is 26.7 Å². The predicted molar refractivity (Wildman–Crippen MR) is 98.6 cm³/mol. The second-order valence-corrected chi connectivity index (χ2v) is 6.61. The van der Waals surface area contributed by atoms with E-state index in [0.717, 1.165) is 5.56 Å². The maximum Gasteiger partial charge on any atom is 0.344 e. The van der Waals surface area contributed by atoms with Crippen molar-refractivity contribution in [2.24, 2.45) is 0 Å². The van der Waals surface area contributed by atoms with Crippen LogP contribution in [0.25, 0.3) is 0 Å². The molecule has 6 heteroatoms. The number of benzene rings is 2. The number of Topliss-reactive ketones (excluding diaryl/α,β-unsaturated/α-hetero) is 1. The molecule has 0 atom stereocenters. The standard InChI is InChI=1S/C21H22O6/c1-13(2)17-6-5-16(8-14(17)3)24-11-21(23)25-10-18(22)15-4-7-19-20(9-15)27-12-26-19/h4-9,13H,10-12H2,1-3H3. The number of fused-ring (bicyclic) bond motifs is 1. The van der Waals surface area contributed by atoms with E-state index in [4.69, 9.17) is 18.9 Å². The molecular weight excluding hydrogens is 348 g/mol. The van der Waals surface area contributed by atoms with Crippen molar-refractivity contribution in [3.05, 3.63) is 53.1 Å². The van der Waals surface area contributed by atoms with E-state index in [1.54, 1.807) is 18.2 Å². The van der Waals surface area contributed by atoms with Crippen LogP contribution in [0.3, 0.4) is 0 Å². The van der Waals surface area contributed by atoms with E-state index in [0.29, 0.717) is 28.7 Å². The van der Waals surface area contributed by atoms with Crippen molar-refractivity contribution < 1.29 is 28.5 Å². The maximum atomic E-state index is 12.2. The lowest BCUT2D eigenvalue weighted by Crippen LogP contribution is -2.19.